The SMILES string of the molecule is C=CCN(CC(=O)N(Cc1ccc2c(c1)OCO2)Cc1cccs1)C(=O)COC. The van der Waals surface area contributed by atoms with Crippen LogP contribution in [0.2, 0.25) is 0 Å². The second kappa shape index (κ2) is 10.1. The molecule has 0 N–H and O–H groups in total. The fourth-order valence-corrected chi connectivity index (χ4v) is 3.69. The molecule has 8 heteroatoms. The Kier molecular flexibility index (Phi) is 7.26. The highest BCUT2D eigenvalue weighted by molar-refractivity contribution is 7.09. The number of ether oxygens (including phenoxy) is 3. The van der Waals surface area contributed by atoms with E-state index in [2.05, 4.69) is 6.58 Å². The third-order valence-electron chi connectivity index (χ3n) is 4.39. The van der Waals surface area contributed by atoms with Gasteiger partial charge in [0, 0.05) is 25.1 Å². The molecule has 0 saturated carbocycles. The van der Waals surface area contributed by atoms with E-state index in [1.807, 2.05) is 35.7 Å². The molecule has 2 amide bonds. The summed E-state index contributed by atoms with van der Waals surface area (Å²) in [5, 5.41) is 1.98. The highest BCUT2D eigenvalue weighted by Gasteiger charge is 2.22. The number of rotatable bonds is 10. The molecule has 29 heavy (non-hydrogen) atoms. The van der Waals surface area contributed by atoms with Gasteiger partial charge in [-0.2, -0.15) is 0 Å². The molecular formula is C21H24N2O5S. The Morgan fingerprint density at radius 2 is 2.00 bits per heavy atom. The predicted molar refractivity (Wildman–Crippen MR) is 110 cm³/mol. The van der Waals surface area contributed by atoms with E-state index in [0.717, 1.165) is 10.4 Å². The lowest BCUT2D eigenvalue weighted by molar-refractivity contribution is -0.142. The molecule has 0 unspecified atom stereocenters. The molecule has 0 fully saturated rings. The minimum absolute atomic E-state index is 0.0376. The third-order valence-corrected chi connectivity index (χ3v) is 5.25. The van der Waals surface area contributed by atoms with Crippen molar-refractivity contribution in [2.24, 2.45) is 0 Å². The fourth-order valence-electron chi connectivity index (χ4n) is 2.97. The summed E-state index contributed by atoms with van der Waals surface area (Å²) < 4.78 is 15.7. The first kappa shape index (κ1) is 20.9. The highest BCUT2D eigenvalue weighted by atomic mass is 32.1. The second-order valence-electron chi connectivity index (χ2n) is 6.51. The highest BCUT2D eigenvalue weighted by Crippen LogP contribution is 2.33. The average molecular weight is 416 g/mol. The largest absolute Gasteiger partial charge is 0.454 e. The van der Waals surface area contributed by atoms with E-state index in [4.69, 9.17) is 14.2 Å². The molecule has 1 aliphatic heterocycles. The fraction of sp³-hybridized carbons (Fsp3) is 0.333. The summed E-state index contributed by atoms with van der Waals surface area (Å²) in [5.41, 5.74) is 0.928. The van der Waals surface area contributed by atoms with Crippen molar-refractivity contribution in [2.45, 2.75) is 13.1 Å². The second-order valence-corrected chi connectivity index (χ2v) is 7.54. The summed E-state index contributed by atoms with van der Waals surface area (Å²) in [6, 6.07) is 9.59. The average Bonchev–Trinajstić information content (AvgIpc) is 3.38. The van der Waals surface area contributed by atoms with Crippen LogP contribution in [0.15, 0.2) is 48.4 Å². The Balaban J connectivity index is 1.75. The number of amides is 2. The van der Waals surface area contributed by atoms with Crippen LogP contribution >= 0.6 is 11.3 Å². The van der Waals surface area contributed by atoms with Crippen molar-refractivity contribution in [3.8, 4) is 11.5 Å². The molecule has 3 rings (SSSR count). The minimum Gasteiger partial charge on any atom is -0.454 e. The Bertz CT molecular complexity index is 853. The van der Waals surface area contributed by atoms with Gasteiger partial charge in [-0.1, -0.05) is 18.2 Å². The van der Waals surface area contributed by atoms with Crippen molar-refractivity contribution in [1.82, 2.24) is 9.80 Å². The Hall–Kier alpha value is -2.84. The van der Waals surface area contributed by atoms with E-state index in [9.17, 15) is 9.59 Å². The smallest absolute Gasteiger partial charge is 0.249 e. The van der Waals surface area contributed by atoms with Crippen LogP contribution in [0, 0.1) is 0 Å². The van der Waals surface area contributed by atoms with Gasteiger partial charge >= 0.3 is 0 Å². The lowest BCUT2D eigenvalue weighted by Gasteiger charge is -2.27. The molecule has 154 valence electrons. The topological polar surface area (TPSA) is 68.3 Å². The molecule has 0 spiro atoms. The molecule has 7 nitrogen and oxygen atoms in total. The zero-order valence-corrected chi connectivity index (χ0v) is 17.2. The Labute approximate surface area is 174 Å². The molecule has 2 heterocycles. The van der Waals surface area contributed by atoms with Crippen LogP contribution in [0.4, 0.5) is 0 Å². The maximum Gasteiger partial charge on any atom is 0.249 e. The molecular weight excluding hydrogens is 392 g/mol. The van der Waals surface area contributed by atoms with Gasteiger partial charge in [-0.3, -0.25) is 9.59 Å². The van der Waals surface area contributed by atoms with Gasteiger partial charge in [0.2, 0.25) is 18.6 Å². The standard InChI is InChI=1S/C21H24N2O5S/c1-3-8-22(21(25)14-26-2)13-20(24)23(12-17-5-4-9-29-17)11-16-6-7-18-19(10-16)28-15-27-18/h3-7,9-10H,1,8,11-15H2,2H3. The molecule has 0 bridgehead atoms. The molecule has 2 aromatic rings. The predicted octanol–water partition coefficient (Wildman–Crippen LogP) is 2.67. The van der Waals surface area contributed by atoms with E-state index in [1.165, 1.54) is 12.0 Å². The van der Waals surface area contributed by atoms with Crippen molar-refractivity contribution in [1.29, 1.82) is 0 Å². The monoisotopic (exact) mass is 416 g/mol. The number of carbonyl (C=O) groups excluding carboxylic acids is 2. The summed E-state index contributed by atoms with van der Waals surface area (Å²) in [4.78, 5) is 29.6. The van der Waals surface area contributed by atoms with Crippen molar-refractivity contribution < 1.29 is 23.8 Å². The minimum atomic E-state index is -0.250. The number of fused-ring (bicyclic) bond motifs is 1. The molecule has 0 saturated heterocycles. The van der Waals surface area contributed by atoms with Crippen molar-refractivity contribution in [3.63, 3.8) is 0 Å². The van der Waals surface area contributed by atoms with E-state index >= 15 is 0 Å². The van der Waals surface area contributed by atoms with Crippen LogP contribution < -0.4 is 9.47 Å². The first-order chi connectivity index (χ1) is 14.1. The van der Waals surface area contributed by atoms with Gasteiger partial charge in [-0.05, 0) is 29.1 Å². The van der Waals surface area contributed by atoms with Gasteiger partial charge in [-0.25, -0.2) is 0 Å². The van der Waals surface area contributed by atoms with Gasteiger partial charge in [0.1, 0.15) is 13.2 Å². The van der Waals surface area contributed by atoms with Gasteiger partial charge < -0.3 is 24.0 Å². The van der Waals surface area contributed by atoms with Gasteiger partial charge in [0.15, 0.2) is 11.5 Å². The summed E-state index contributed by atoms with van der Waals surface area (Å²) >= 11 is 1.59. The Morgan fingerprint density at radius 1 is 1.17 bits per heavy atom. The van der Waals surface area contributed by atoms with E-state index in [1.54, 1.807) is 22.3 Å². The van der Waals surface area contributed by atoms with E-state index < -0.39 is 0 Å². The quantitative estimate of drug-likeness (QED) is 0.557. The first-order valence-corrected chi connectivity index (χ1v) is 10.0. The molecule has 0 aliphatic carbocycles. The molecule has 0 radical (unpaired) electrons. The van der Waals surface area contributed by atoms with Crippen molar-refractivity contribution >= 4 is 23.2 Å². The van der Waals surface area contributed by atoms with Crippen molar-refractivity contribution in [3.05, 3.63) is 58.8 Å². The van der Waals surface area contributed by atoms with Crippen LogP contribution in [0.25, 0.3) is 0 Å². The lowest BCUT2D eigenvalue weighted by atomic mass is 10.2. The van der Waals surface area contributed by atoms with Crippen LogP contribution in [0.3, 0.4) is 0 Å². The van der Waals surface area contributed by atoms with Crippen molar-refractivity contribution in [2.75, 3.05) is 33.6 Å². The molecule has 1 aromatic carbocycles. The Morgan fingerprint density at radius 3 is 2.72 bits per heavy atom. The normalized spacial score (nSPS) is 11.9. The number of nitrogens with zero attached hydrogens (tertiary/aromatic N) is 2. The summed E-state index contributed by atoms with van der Waals surface area (Å²) in [7, 11) is 1.45. The van der Waals surface area contributed by atoms with Gasteiger partial charge in [0.05, 0.1) is 6.54 Å². The third kappa shape index (κ3) is 5.58. The van der Waals surface area contributed by atoms with E-state index in [-0.39, 0.29) is 38.3 Å². The van der Waals surface area contributed by atoms with Gasteiger partial charge in [0.25, 0.3) is 0 Å². The number of benzene rings is 1. The van der Waals surface area contributed by atoms with E-state index in [0.29, 0.717) is 24.6 Å². The van der Waals surface area contributed by atoms with Crippen LogP contribution in [-0.2, 0) is 27.4 Å². The van der Waals surface area contributed by atoms with Crippen LogP contribution in [-0.4, -0.2) is 55.2 Å². The lowest BCUT2D eigenvalue weighted by Crippen LogP contribution is -2.43. The summed E-state index contributed by atoms with van der Waals surface area (Å²) in [5.74, 6) is 0.976. The zero-order chi connectivity index (χ0) is 20.6. The summed E-state index contributed by atoms with van der Waals surface area (Å²) in [6.45, 7) is 4.91. The number of carbonyl (C=O) groups is 2. The molecule has 1 aliphatic rings. The maximum absolute atomic E-state index is 13.1. The number of hydrogen-bond donors (Lipinski definition) is 0. The van der Waals surface area contributed by atoms with Gasteiger partial charge in [-0.15, -0.1) is 17.9 Å². The first-order valence-electron chi connectivity index (χ1n) is 9.17. The maximum atomic E-state index is 13.1. The number of methoxy groups -OCH3 is 1. The van der Waals surface area contributed by atoms with Crippen LogP contribution in [0.5, 0.6) is 11.5 Å². The number of hydrogen-bond acceptors (Lipinski definition) is 6. The molecule has 0 atom stereocenters. The van der Waals surface area contributed by atoms with Crippen LogP contribution in [0.1, 0.15) is 10.4 Å². The summed E-state index contributed by atoms with van der Waals surface area (Å²) in [6.07, 6.45) is 1.60. The number of thiophene rings is 1. The molecule has 1 aromatic heterocycles. The zero-order valence-electron chi connectivity index (χ0n) is 16.3.